The van der Waals surface area contributed by atoms with E-state index in [1.807, 2.05) is 6.92 Å². The lowest BCUT2D eigenvalue weighted by Crippen LogP contribution is -2.31. The number of carbonyl (C=O) groups is 4. The smallest absolute Gasteiger partial charge is 0.412 e. The Morgan fingerprint density at radius 1 is 1.11 bits per heavy atom. The average Bonchev–Trinajstić information content (AvgIpc) is 2.84. The third kappa shape index (κ3) is 6.53. The molecule has 0 spiro atoms. The van der Waals surface area contributed by atoms with Crippen LogP contribution >= 0.6 is 0 Å². The van der Waals surface area contributed by atoms with E-state index in [9.17, 15) is 23.6 Å². The molecular weight excluding hydrogens is 469 g/mol. The molecular formula is C26H28FN3O6. The van der Waals surface area contributed by atoms with Gasteiger partial charge in [0.15, 0.2) is 5.78 Å². The summed E-state index contributed by atoms with van der Waals surface area (Å²) in [5.74, 6) is -2.91. The molecule has 0 radical (unpaired) electrons. The molecule has 1 aliphatic rings. The number of fused-ring (bicyclic) bond motifs is 1. The first-order valence-corrected chi connectivity index (χ1v) is 11.7. The number of alkyl carbamates (subject to hydrolysis) is 1. The topological polar surface area (TPSA) is 135 Å². The maximum atomic E-state index is 14.6. The van der Waals surface area contributed by atoms with Gasteiger partial charge in [-0.1, -0.05) is 13.0 Å². The molecule has 3 rings (SSSR count). The lowest BCUT2D eigenvalue weighted by molar-refractivity contribution is -0.144. The second-order valence-electron chi connectivity index (χ2n) is 8.27. The highest BCUT2D eigenvalue weighted by molar-refractivity contribution is 6.08. The van der Waals surface area contributed by atoms with Gasteiger partial charge in [-0.2, -0.15) is 0 Å². The first-order chi connectivity index (χ1) is 17.2. The Bertz CT molecular complexity index is 1200. The molecule has 1 unspecified atom stereocenters. The number of Topliss-reactive ketones (excluding diaryl/α,β-unsaturated/α-hetero) is 1. The highest BCUT2D eigenvalue weighted by Crippen LogP contribution is 2.30. The molecule has 36 heavy (non-hydrogen) atoms. The molecule has 2 amide bonds. The number of amidine groups is 1. The summed E-state index contributed by atoms with van der Waals surface area (Å²) in [6.07, 6.45) is 0.877. The summed E-state index contributed by atoms with van der Waals surface area (Å²) in [4.78, 5) is 48.8. The molecule has 0 aromatic heterocycles. The van der Waals surface area contributed by atoms with Gasteiger partial charge in [-0.15, -0.1) is 0 Å². The normalized spacial score (nSPS) is 14.4. The standard InChI is InChI=1S/C26H28FN3O6/c1-3-11-36-26(34)30-24(28)17-7-9-20(21(27)13-17)25(33)29-18-8-10-19-15(12-18)5-6-16(23(19)32)14-22(31)35-4-2/h7-10,12-13,16H,3-6,11,14H2,1-2H3,(H,29,33)(H2,28,30,34). The molecule has 3 N–H and O–H groups in total. The molecule has 1 atom stereocenters. The van der Waals surface area contributed by atoms with E-state index in [-0.39, 0.29) is 42.4 Å². The number of nitrogens with one attached hydrogen (secondary N) is 3. The molecule has 9 nitrogen and oxygen atoms in total. The second-order valence-corrected chi connectivity index (χ2v) is 8.27. The highest BCUT2D eigenvalue weighted by atomic mass is 19.1. The summed E-state index contributed by atoms with van der Waals surface area (Å²) in [5.41, 5.74) is 1.45. The van der Waals surface area contributed by atoms with Crippen molar-refractivity contribution in [2.45, 2.75) is 39.5 Å². The van der Waals surface area contributed by atoms with Crippen molar-refractivity contribution in [2.75, 3.05) is 18.5 Å². The van der Waals surface area contributed by atoms with Crippen LogP contribution in [-0.2, 0) is 20.7 Å². The van der Waals surface area contributed by atoms with Crippen molar-refractivity contribution < 1.29 is 33.0 Å². The largest absolute Gasteiger partial charge is 0.466 e. The van der Waals surface area contributed by atoms with E-state index >= 15 is 0 Å². The van der Waals surface area contributed by atoms with E-state index in [0.29, 0.717) is 30.5 Å². The summed E-state index contributed by atoms with van der Waals surface area (Å²) in [7, 11) is 0. The van der Waals surface area contributed by atoms with E-state index < -0.39 is 29.7 Å². The maximum absolute atomic E-state index is 14.6. The van der Waals surface area contributed by atoms with Gasteiger partial charge in [0.2, 0.25) is 0 Å². The van der Waals surface area contributed by atoms with Gasteiger partial charge in [-0.05, 0) is 62.1 Å². The first-order valence-electron chi connectivity index (χ1n) is 11.7. The third-order valence-corrected chi connectivity index (χ3v) is 5.65. The lowest BCUT2D eigenvalue weighted by atomic mass is 9.81. The van der Waals surface area contributed by atoms with Crippen molar-refractivity contribution in [2.24, 2.45) is 5.92 Å². The van der Waals surface area contributed by atoms with Crippen molar-refractivity contribution in [1.82, 2.24) is 5.32 Å². The first kappa shape index (κ1) is 26.5. The minimum absolute atomic E-state index is 0.0345. The van der Waals surface area contributed by atoms with E-state index in [0.717, 1.165) is 11.6 Å². The minimum Gasteiger partial charge on any atom is -0.466 e. The van der Waals surface area contributed by atoms with Crippen LogP contribution in [0.1, 0.15) is 65.0 Å². The molecule has 190 valence electrons. The summed E-state index contributed by atoms with van der Waals surface area (Å²) in [5, 5.41) is 12.7. The Kier molecular flexibility index (Phi) is 8.88. The van der Waals surface area contributed by atoms with Gasteiger partial charge in [-0.25, -0.2) is 9.18 Å². The fourth-order valence-electron chi connectivity index (χ4n) is 3.87. The van der Waals surface area contributed by atoms with Gasteiger partial charge >= 0.3 is 12.1 Å². The predicted octanol–water partition coefficient (Wildman–Crippen LogP) is 4.24. The van der Waals surface area contributed by atoms with Crippen LogP contribution in [0.15, 0.2) is 36.4 Å². The minimum atomic E-state index is -0.867. The van der Waals surface area contributed by atoms with Crippen LogP contribution in [-0.4, -0.2) is 42.8 Å². The van der Waals surface area contributed by atoms with Crippen LogP contribution in [0.4, 0.5) is 14.9 Å². The molecule has 2 aromatic carbocycles. The molecule has 10 heteroatoms. The maximum Gasteiger partial charge on any atom is 0.412 e. The van der Waals surface area contributed by atoms with E-state index in [1.165, 1.54) is 12.1 Å². The molecule has 0 heterocycles. The summed E-state index contributed by atoms with van der Waals surface area (Å²) in [6.45, 7) is 3.99. The Morgan fingerprint density at radius 2 is 1.89 bits per heavy atom. The van der Waals surface area contributed by atoms with Crippen LogP contribution < -0.4 is 10.6 Å². The number of halogens is 1. The molecule has 2 aromatic rings. The van der Waals surface area contributed by atoms with Gasteiger partial charge < -0.3 is 14.8 Å². The molecule has 0 fully saturated rings. The molecule has 1 aliphatic carbocycles. The van der Waals surface area contributed by atoms with E-state index in [2.05, 4.69) is 10.6 Å². The monoisotopic (exact) mass is 497 g/mol. The van der Waals surface area contributed by atoms with E-state index in [4.69, 9.17) is 14.9 Å². The number of benzene rings is 2. The number of hydrogen-bond donors (Lipinski definition) is 3. The number of ether oxygens (including phenoxy) is 2. The number of anilines is 1. The summed E-state index contributed by atoms with van der Waals surface area (Å²) < 4.78 is 24.4. The quantitative estimate of drug-likeness (QED) is 0.284. The van der Waals surface area contributed by atoms with Crippen LogP contribution in [0.5, 0.6) is 0 Å². The number of carbonyl (C=O) groups excluding carboxylic acids is 4. The van der Waals surface area contributed by atoms with Crippen molar-refractivity contribution in [3.05, 3.63) is 64.5 Å². The fraction of sp³-hybridized carbons (Fsp3) is 0.346. The van der Waals surface area contributed by atoms with Crippen molar-refractivity contribution in [1.29, 1.82) is 5.41 Å². The average molecular weight is 498 g/mol. The molecule has 0 bridgehead atoms. The van der Waals surface area contributed by atoms with Crippen LogP contribution in [0.25, 0.3) is 0 Å². The Balaban J connectivity index is 1.66. The van der Waals surface area contributed by atoms with Crippen LogP contribution in [0.2, 0.25) is 0 Å². The number of rotatable bonds is 8. The number of ketones is 1. The van der Waals surface area contributed by atoms with Crippen LogP contribution in [0, 0.1) is 17.1 Å². The second kappa shape index (κ2) is 12.1. The number of aryl methyl sites for hydroxylation is 1. The van der Waals surface area contributed by atoms with Gasteiger partial charge in [-0.3, -0.25) is 25.1 Å². The molecule has 0 aliphatic heterocycles. The van der Waals surface area contributed by atoms with E-state index in [1.54, 1.807) is 25.1 Å². The zero-order valence-electron chi connectivity index (χ0n) is 20.1. The molecule has 0 saturated heterocycles. The molecule has 0 saturated carbocycles. The Hall–Kier alpha value is -4.08. The van der Waals surface area contributed by atoms with Crippen molar-refractivity contribution in [3.63, 3.8) is 0 Å². The van der Waals surface area contributed by atoms with Gasteiger partial charge in [0.05, 0.1) is 25.2 Å². The highest BCUT2D eigenvalue weighted by Gasteiger charge is 2.30. The van der Waals surface area contributed by atoms with Crippen molar-refractivity contribution in [3.8, 4) is 0 Å². The Morgan fingerprint density at radius 3 is 2.58 bits per heavy atom. The summed E-state index contributed by atoms with van der Waals surface area (Å²) in [6, 6.07) is 8.35. The fourth-order valence-corrected chi connectivity index (χ4v) is 3.87. The van der Waals surface area contributed by atoms with Crippen LogP contribution in [0.3, 0.4) is 0 Å². The van der Waals surface area contributed by atoms with Gasteiger partial charge in [0.25, 0.3) is 5.91 Å². The van der Waals surface area contributed by atoms with Gasteiger partial charge in [0, 0.05) is 22.7 Å². The SMILES string of the molecule is CCCOC(=O)NC(=N)c1ccc(C(=O)Nc2ccc3c(c2)CCC(CC(=O)OCC)C3=O)c(F)c1. The van der Waals surface area contributed by atoms with Gasteiger partial charge in [0.1, 0.15) is 11.7 Å². The number of hydrogen-bond acceptors (Lipinski definition) is 7. The predicted molar refractivity (Wildman–Crippen MR) is 130 cm³/mol. The Labute approximate surface area is 207 Å². The van der Waals surface area contributed by atoms with Crippen molar-refractivity contribution >= 4 is 35.3 Å². The third-order valence-electron chi connectivity index (χ3n) is 5.65. The number of esters is 1. The zero-order chi connectivity index (χ0) is 26.2. The zero-order valence-corrected chi connectivity index (χ0v) is 20.1. The lowest BCUT2D eigenvalue weighted by Gasteiger charge is -2.23. The summed E-state index contributed by atoms with van der Waals surface area (Å²) >= 11 is 0. The number of amides is 2.